The lowest BCUT2D eigenvalue weighted by atomic mass is 9.86. The van der Waals surface area contributed by atoms with Crippen LogP contribution >= 0.6 is 15.9 Å². The second kappa shape index (κ2) is 5.70. The molecule has 1 N–H and O–H groups in total. The van der Waals surface area contributed by atoms with E-state index in [4.69, 9.17) is 9.52 Å². The van der Waals surface area contributed by atoms with Gasteiger partial charge in [-0.05, 0) is 27.4 Å². The van der Waals surface area contributed by atoms with Gasteiger partial charge >= 0.3 is 5.97 Å². The number of rotatable bonds is 5. The van der Waals surface area contributed by atoms with Gasteiger partial charge in [-0.25, -0.2) is 0 Å². The zero-order valence-electron chi connectivity index (χ0n) is 11.1. The minimum Gasteiger partial charge on any atom is -0.481 e. The Labute approximate surface area is 124 Å². The maximum atomic E-state index is 10.8. The Morgan fingerprint density at radius 3 is 2.80 bits per heavy atom. The number of halogens is 1. The molecule has 0 amide bonds. The Hall–Kier alpha value is -1.76. The molecule has 0 aliphatic carbocycles. The maximum absolute atomic E-state index is 10.8. The summed E-state index contributed by atoms with van der Waals surface area (Å²) in [6.45, 7) is 3.71. The predicted molar refractivity (Wildman–Crippen MR) is 75.0 cm³/mol. The number of aromatic nitrogens is 3. The molecular formula is C13H14BrN3O3. The summed E-state index contributed by atoms with van der Waals surface area (Å²) >= 11 is 3.32. The molecule has 0 atom stereocenters. The molecule has 0 fully saturated rings. The minimum atomic E-state index is -0.842. The van der Waals surface area contributed by atoms with Crippen LogP contribution in [0.2, 0.25) is 0 Å². The van der Waals surface area contributed by atoms with Crippen molar-refractivity contribution in [3.05, 3.63) is 28.8 Å². The van der Waals surface area contributed by atoms with Gasteiger partial charge in [0.1, 0.15) is 0 Å². The molecule has 0 saturated carbocycles. The van der Waals surface area contributed by atoms with Gasteiger partial charge in [0.2, 0.25) is 11.8 Å². The van der Waals surface area contributed by atoms with Crippen LogP contribution in [0.4, 0.5) is 0 Å². The highest BCUT2D eigenvalue weighted by Gasteiger charge is 2.25. The molecule has 0 saturated heterocycles. The highest BCUT2D eigenvalue weighted by molar-refractivity contribution is 9.10. The van der Waals surface area contributed by atoms with Crippen LogP contribution in [0, 0.1) is 5.41 Å². The van der Waals surface area contributed by atoms with Crippen LogP contribution in [0.5, 0.6) is 0 Å². The van der Waals surface area contributed by atoms with Crippen LogP contribution in [-0.4, -0.2) is 26.3 Å². The van der Waals surface area contributed by atoms with E-state index in [0.29, 0.717) is 23.8 Å². The van der Waals surface area contributed by atoms with E-state index in [-0.39, 0.29) is 6.42 Å². The zero-order chi connectivity index (χ0) is 14.8. The number of pyridine rings is 1. The largest absolute Gasteiger partial charge is 0.481 e. The fraction of sp³-hybridized carbons (Fsp3) is 0.385. The van der Waals surface area contributed by atoms with Crippen molar-refractivity contribution in [2.75, 3.05) is 0 Å². The van der Waals surface area contributed by atoms with Gasteiger partial charge in [-0.3, -0.25) is 9.78 Å². The van der Waals surface area contributed by atoms with Gasteiger partial charge in [0.25, 0.3) is 0 Å². The molecule has 0 bridgehead atoms. The summed E-state index contributed by atoms with van der Waals surface area (Å²) in [5, 5.41) is 16.8. The van der Waals surface area contributed by atoms with E-state index in [0.717, 1.165) is 4.47 Å². The molecule has 0 aliphatic heterocycles. The standard InChI is InChI=1S/C13H14BrN3O3/c1-13(2,5-11(18)19)4-10-16-17-12(20-10)8-3-9(14)7-15-6-8/h3,6-7H,4-5H2,1-2H3,(H,18,19). The Kier molecular flexibility index (Phi) is 4.17. The van der Waals surface area contributed by atoms with Gasteiger partial charge in [0.05, 0.1) is 12.0 Å². The quantitative estimate of drug-likeness (QED) is 0.900. The molecule has 2 aromatic rings. The van der Waals surface area contributed by atoms with E-state index in [1.54, 1.807) is 12.4 Å². The molecule has 0 aliphatic rings. The van der Waals surface area contributed by atoms with Crippen molar-refractivity contribution < 1.29 is 14.3 Å². The average Bonchev–Trinajstić information content (AvgIpc) is 2.74. The fourth-order valence-corrected chi connectivity index (χ4v) is 2.22. The molecule has 2 aromatic heterocycles. The monoisotopic (exact) mass is 339 g/mol. The zero-order valence-corrected chi connectivity index (χ0v) is 12.7. The lowest BCUT2D eigenvalue weighted by Crippen LogP contribution is -2.19. The van der Waals surface area contributed by atoms with Crippen molar-refractivity contribution in [3.8, 4) is 11.5 Å². The van der Waals surface area contributed by atoms with Crippen LogP contribution < -0.4 is 0 Å². The van der Waals surface area contributed by atoms with E-state index < -0.39 is 11.4 Å². The number of carboxylic acids is 1. The Morgan fingerprint density at radius 2 is 2.15 bits per heavy atom. The van der Waals surface area contributed by atoms with E-state index in [2.05, 4.69) is 31.1 Å². The maximum Gasteiger partial charge on any atom is 0.303 e. The molecule has 2 heterocycles. The number of carboxylic acid groups (broad SMARTS) is 1. The number of carbonyl (C=O) groups is 1. The number of aliphatic carboxylic acids is 1. The molecule has 0 radical (unpaired) electrons. The first-order chi connectivity index (χ1) is 9.35. The SMILES string of the molecule is CC(C)(CC(=O)O)Cc1nnc(-c2cncc(Br)c2)o1. The van der Waals surface area contributed by atoms with Gasteiger partial charge in [0, 0.05) is 23.3 Å². The second-order valence-electron chi connectivity index (χ2n) is 5.30. The summed E-state index contributed by atoms with van der Waals surface area (Å²) < 4.78 is 6.39. The third-order valence-electron chi connectivity index (χ3n) is 2.68. The van der Waals surface area contributed by atoms with Gasteiger partial charge in [-0.1, -0.05) is 13.8 Å². The highest BCUT2D eigenvalue weighted by atomic mass is 79.9. The summed E-state index contributed by atoms with van der Waals surface area (Å²) in [5.41, 5.74) is 0.277. The van der Waals surface area contributed by atoms with Crippen LogP contribution in [-0.2, 0) is 11.2 Å². The lowest BCUT2D eigenvalue weighted by Gasteiger charge is -2.19. The first-order valence-electron chi connectivity index (χ1n) is 6.01. The van der Waals surface area contributed by atoms with Crippen molar-refractivity contribution in [2.24, 2.45) is 5.41 Å². The molecule has 2 rings (SSSR count). The lowest BCUT2D eigenvalue weighted by molar-refractivity contribution is -0.139. The summed E-state index contributed by atoms with van der Waals surface area (Å²) in [4.78, 5) is 14.8. The predicted octanol–water partition coefficient (Wildman–Crippen LogP) is 2.94. The second-order valence-corrected chi connectivity index (χ2v) is 6.22. The summed E-state index contributed by atoms with van der Waals surface area (Å²) in [6, 6.07) is 1.83. The van der Waals surface area contributed by atoms with Crippen molar-refractivity contribution >= 4 is 21.9 Å². The van der Waals surface area contributed by atoms with Crippen molar-refractivity contribution in [3.63, 3.8) is 0 Å². The van der Waals surface area contributed by atoms with Crippen molar-refractivity contribution in [1.29, 1.82) is 0 Å². The van der Waals surface area contributed by atoms with Gasteiger partial charge in [-0.15, -0.1) is 10.2 Å². The Balaban J connectivity index is 2.15. The molecule has 106 valence electrons. The first-order valence-corrected chi connectivity index (χ1v) is 6.80. The highest BCUT2D eigenvalue weighted by Crippen LogP contribution is 2.27. The third-order valence-corrected chi connectivity index (χ3v) is 3.11. The van der Waals surface area contributed by atoms with E-state index in [9.17, 15) is 4.79 Å². The Bertz CT molecular complexity index is 625. The molecule has 0 aromatic carbocycles. The number of hydrogen-bond acceptors (Lipinski definition) is 5. The van der Waals surface area contributed by atoms with E-state index >= 15 is 0 Å². The molecule has 0 spiro atoms. The van der Waals surface area contributed by atoms with Crippen molar-refractivity contribution in [2.45, 2.75) is 26.7 Å². The summed E-state index contributed by atoms with van der Waals surface area (Å²) in [5.74, 6) is -0.0444. The number of hydrogen-bond donors (Lipinski definition) is 1. The first kappa shape index (κ1) is 14.6. The summed E-state index contributed by atoms with van der Waals surface area (Å²) in [6.07, 6.45) is 3.75. The van der Waals surface area contributed by atoms with Crippen LogP contribution in [0.1, 0.15) is 26.2 Å². The smallest absolute Gasteiger partial charge is 0.303 e. The molecule has 20 heavy (non-hydrogen) atoms. The minimum absolute atomic E-state index is 0.0448. The topological polar surface area (TPSA) is 89.1 Å². The van der Waals surface area contributed by atoms with E-state index in [1.165, 1.54) is 0 Å². The van der Waals surface area contributed by atoms with Gasteiger partial charge < -0.3 is 9.52 Å². The van der Waals surface area contributed by atoms with Crippen molar-refractivity contribution in [1.82, 2.24) is 15.2 Å². The molecule has 6 nitrogen and oxygen atoms in total. The average molecular weight is 340 g/mol. The molecular weight excluding hydrogens is 326 g/mol. The van der Waals surface area contributed by atoms with E-state index in [1.807, 2.05) is 19.9 Å². The molecule has 7 heteroatoms. The van der Waals surface area contributed by atoms with Crippen LogP contribution in [0.25, 0.3) is 11.5 Å². The third kappa shape index (κ3) is 3.86. The van der Waals surface area contributed by atoms with Gasteiger partial charge in [0.15, 0.2) is 0 Å². The molecule has 0 unspecified atom stereocenters. The van der Waals surface area contributed by atoms with Crippen LogP contribution in [0.3, 0.4) is 0 Å². The fourth-order valence-electron chi connectivity index (χ4n) is 1.85. The number of nitrogens with zero attached hydrogens (tertiary/aromatic N) is 3. The van der Waals surface area contributed by atoms with Gasteiger partial charge in [-0.2, -0.15) is 0 Å². The summed E-state index contributed by atoms with van der Waals surface area (Å²) in [7, 11) is 0. The van der Waals surface area contributed by atoms with Crippen LogP contribution in [0.15, 0.2) is 27.3 Å². The Morgan fingerprint density at radius 1 is 1.40 bits per heavy atom. The normalized spacial score (nSPS) is 11.6.